The lowest BCUT2D eigenvalue weighted by Gasteiger charge is -2.31. The molecule has 0 amide bonds. The molecule has 2 heteroatoms. The summed E-state index contributed by atoms with van der Waals surface area (Å²) >= 11 is 0. The van der Waals surface area contributed by atoms with E-state index in [1.54, 1.807) is 0 Å². The Balaban J connectivity index is 3.70. The number of hydrogen-bond acceptors (Lipinski definition) is 2. The van der Waals surface area contributed by atoms with Crippen LogP contribution in [0.5, 0.6) is 0 Å². The zero-order valence-corrected chi connectivity index (χ0v) is 8.27. The summed E-state index contributed by atoms with van der Waals surface area (Å²) in [6.45, 7) is 12.6. The normalized spacial score (nSPS) is 11.8. The third-order valence-corrected chi connectivity index (χ3v) is 1.65. The summed E-state index contributed by atoms with van der Waals surface area (Å²) in [6, 6.07) is 0. The van der Waals surface area contributed by atoms with Crippen LogP contribution in [0.4, 0.5) is 0 Å². The summed E-state index contributed by atoms with van der Waals surface area (Å²) in [5.41, 5.74) is 0.162. The number of hydrogen-bond donors (Lipinski definition) is 0. The van der Waals surface area contributed by atoms with E-state index in [1.807, 2.05) is 14.0 Å². The van der Waals surface area contributed by atoms with Gasteiger partial charge >= 0.3 is 0 Å². The van der Waals surface area contributed by atoms with E-state index in [9.17, 15) is 0 Å². The Morgan fingerprint density at radius 1 is 1.45 bits per heavy atom. The lowest BCUT2D eigenvalue weighted by molar-refractivity contribution is 0.0350. The quantitative estimate of drug-likeness (QED) is 0.460. The summed E-state index contributed by atoms with van der Waals surface area (Å²) in [5.74, 6) is 0.765. The molecule has 0 aromatic rings. The minimum atomic E-state index is 0.162. The summed E-state index contributed by atoms with van der Waals surface area (Å²) in [4.78, 5) is 2.13. The van der Waals surface area contributed by atoms with E-state index in [4.69, 9.17) is 4.74 Å². The topological polar surface area (TPSA) is 12.5 Å². The SMILES string of the molecule is C=C(C)OCN(C)C(C)(C)C. The van der Waals surface area contributed by atoms with Gasteiger partial charge in [-0.25, -0.2) is 0 Å². The molecule has 0 unspecified atom stereocenters. The molecule has 0 bridgehead atoms. The Morgan fingerprint density at radius 3 is 2.18 bits per heavy atom. The first-order valence-corrected chi connectivity index (χ1v) is 3.83. The number of ether oxygens (including phenoxy) is 1. The molecule has 0 fully saturated rings. The van der Waals surface area contributed by atoms with Gasteiger partial charge in [-0.15, -0.1) is 0 Å². The van der Waals surface area contributed by atoms with Crippen molar-refractivity contribution in [2.24, 2.45) is 0 Å². The second-order valence-corrected chi connectivity index (χ2v) is 3.84. The Labute approximate surface area is 69.8 Å². The van der Waals surface area contributed by atoms with Gasteiger partial charge < -0.3 is 4.74 Å². The number of nitrogens with zero attached hydrogens (tertiary/aromatic N) is 1. The molecule has 0 atom stereocenters. The van der Waals surface area contributed by atoms with Crippen LogP contribution in [0.15, 0.2) is 12.3 Å². The fourth-order valence-corrected chi connectivity index (χ4v) is 0.401. The highest BCUT2D eigenvalue weighted by Crippen LogP contribution is 2.10. The van der Waals surface area contributed by atoms with Crippen LogP contribution in [0.25, 0.3) is 0 Å². The molecule has 0 radical (unpaired) electrons. The van der Waals surface area contributed by atoms with E-state index >= 15 is 0 Å². The minimum Gasteiger partial charge on any atom is -0.483 e. The lowest BCUT2D eigenvalue weighted by Crippen LogP contribution is -2.39. The standard InChI is InChI=1S/C9H19NO/c1-8(2)11-7-10(6)9(3,4)5/h1,7H2,2-6H3. The maximum absolute atomic E-state index is 5.26. The van der Waals surface area contributed by atoms with Crippen molar-refractivity contribution >= 4 is 0 Å². The predicted molar refractivity (Wildman–Crippen MR) is 48.3 cm³/mol. The van der Waals surface area contributed by atoms with Gasteiger partial charge in [-0.2, -0.15) is 0 Å². The molecular weight excluding hydrogens is 138 g/mol. The summed E-state index contributed by atoms with van der Waals surface area (Å²) in [7, 11) is 2.03. The van der Waals surface area contributed by atoms with Crippen LogP contribution < -0.4 is 0 Å². The van der Waals surface area contributed by atoms with Crippen LogP contribution in [-0.4, -0.2) is 24.2 Å². The molecule has 0 saturated carbocycles. The van der Waals surface area contributed by atoms with Crippen molar-refractivity contribution in [3.63, 3.8) is 0 Å². The Kier molecular flexibility index (Phi) is 3.59. The third kappa shape index (κ3) is 4.85. The molecule has 2 nitrogen and oxygen atoms in total. The average molecular weight is 157 g/mol. The zero-order chi connectivity index (χ0) is 9.07. The molecule has 0 saturated heterocycles. The van der Waals surface area contributed by atoms with E-state index in [0.717, 1.165) is 5.76 Å². The maximum Gasteiger partial charge on any atom is 0.141 e. The third-order valence-electron chi connectivity index (χ3n) is 1.65. The minimum absolute atomic E-state index is 0.162. The zero-order valence-electron chi connectivity index (χ0n) is 8.27. The highest BCUT2D eigenvalue weighted by molar-refractivity contribution is 4.75. The van der Waals surface area contributed by atoms with E-state index in [1.165, 1.54) is 0 Å². The summed E-state index contributed by atoms with van der Waals surface area (Å²) in [6.07, 6.45) is 0. The van der Waals surface area contributed by atoms with Crippen molar-refractivity contribution in [1.29, 1.82) is 0 Å². The van der Waals surface area contributed by atoms with Crippen LogP contribution in [-0.2, 0) is 4.74 Å². The monoisotopic (exact) mass is 157 g/mol. The molecule has 0 rings (SSSR count). The molecule has 0 N–H and O–H groups in total. The van der Waals surface area contributed by atoms with Gasteiger partial charge in [0, 0.05) is 5.54 Å². The largest absolute Gasteiger partial charge is 0.483 e. The van der Waals surface area contributed by atoms with Crippen molar-refractivity contribution in [3.05, 3.63) is 12.3 Å². The van der Waals surface area contributed by atoms with Crippen molar-refractivity contribution in [1.82, 2.24) is 4.90 Å². The maximum atomic E-state index is 5.26. The first-order chi connectivity index (χ1) is 4.84. The van der Waals surface area contributed by atoms with Crippen LogP contribution in [0.2, 0.25) is 0 Å². The van der Waals surface area contributed by atoms with Crippen LogP contribution in [0, 0.1) is 0 Å². The van der Waals surface area contributed by atoms with Crippen LogP contribution in [0.3, 0.4) is 0 Å². The van der Waals surface area contributed by atoms with Gasteiger partial charge in [0.2, 0.25) is 0 Å². The van der Waals surface area contributed by atoms with Gasteiger partial charge in [0.25, 0.3) is 0 Å². The molecule has 0 aromatic heterocycles. The second kappa shape index (κ2) is 3.77. The van der Waals surface area contributed by atoms with E-state index in [-0.39, 0.29) is 5.54 Å². The number of rotatable bonds is 3. The highest BCUT2D eigenvalue weighted by Gasteiger charge is 2.16. The lowest BCUT2D eigenvalue weighted by atomic mass is 10.1. The molecular formula is C9H19NO. The van der Waals surface area contributed by atoms with Crippen LogP contribution >= 0.6 is 0 Å². The van der Waals surface area contributed by atoms with Gasteiger partial charge in [0.1, 0.15) is 6.73 Å². The number of allylic oxidation sites excluding steroid dienone is 1. The van der Waals surface area contributed by atoms with Gasteiger partial charge in [-0.3, -0.25) is 4.90 Å². The Hall–Kier alpha value is -0.500. The van der Waals surface area contributed by atoms with E-state index in [0.29, 0.717) is 6.73 Å². The smallest absolute Gasteiger partial charge is 0.141 e. The van der Waals surface area contributed by atoms with Gasteiger partial charge in [0.15, 0.2) is 0 Å². The molecule has 66 valence electrons. The van der Waals surface area contributed by atoms with Gasteiger partial charge in [-0.05, 0) is 34.7 Å². The molecule has 0 aliphatic rings. The van der Waals surface area contributed by atoms with Crippen LogP contribution in [0.1, 0.15) is 27.7 Å². The van der Waals surface area contributed by atoms with Crippen molar-refractivity contribution in [2.45, 2.75) is 33.2 Å². The molecule has 0 aliphatic heterocycles. The highest BCUT2D eigenvalue weighted by atomic mass is 16.5. The van der Waals surface area contributed by atoms with Gasteiger partial charge in [-0.1, -0.05) is 6.58 Å². The van der Waals surface area contributed by atoms with E-state index < -0.39 is 0 Å². The van der Waals surface area contributed by atoms with Crippen molar-refractivity contribution < 1.29 is 4.74 Å². The first kappa shape index (κ1) is 10.5. The molecule has 0 aliphatic carbocycles. The Bertz CT molecular complexity index is 135. The van der Waals surface area contributed by atoms with Crippen molar-refractivity contribution in [3.8, 4) is 0 Å². The summed E-state index contributed by atoms with van der Waals surface area (Å²) in [5, 5.41) is 0. The molecule has 0 heterocycles. The Morgan fingerprint density at radius 2 is 1.91 bits per heavy atom. The average Bonchev–Trinajstić information content (AvgIpc) is 1.80. The van der Waals surface area contributed by atoms with Gasteiger partial charge in [0.05, 0.1) is 5.76 Å². The first-order valence-electron chi connectivity index (χ1n) is 3.83. The predicted octanol–water partition coefficient (Wildman–Crippen LogP) is 2.22. The fraction of sp³-hybridized carbons (Fsp3) is 0.778. The summed E-state index contributed by atoms with van der Waals surface area (Å²) < 4.78 is 5.26. The molecule has 11 heavy (non-hydrogen) atoms. The molecule has 0 spiro atoms. The van der Waals surface area contributed by atoms with E-state index in [2.05, 4.69) is 32.3 Å². The fourth-order valence-electron chi connectivity index (χ4n) is 0.401. The molecule has 0 aromatic carbocycles. The second-order valence-electron chi connectivity index (χ2n) is 3.84. The van der Waals surface area contributed by atoms with Crippen molar-refractivity contribution in [2.75, 3.05) is 13.8 Å².